The Morgan fingerprint density at radius 2 is 1.96 bits per heavy atom. The summed E-state index contributed by atoms with van der Waals surface area (Å²) < 4.78 is 22.9. The van der Waals surface area contributed by atoms with Crippen molar-refractivity contribution in [3.8, 4) is 6.01 Å². The first-order valence-electron chi connectivity index (χ1n) is 10.5. The number of nitrogens with zero attached hydrogens (tertiary/aromatic N) is 2. The van der Waals surface area contributed by atoms with Crippen LogP contribution in [0.1, 0.15) is 65.8 Å². The van der Waals surface area contributed by atoms with Gasteiger partial charge in [0.1, 0.15) is 24.4 Å². The van der Waals surface area contributed by atoms with Crippen molar-refractivity contribution in [3.63, 3.8) is 0 Å². The molecular weight excluding hydrogens is 372 g/mol. The molecule has 0 unspecified atom stereocenters. The second-order valence-electron chi connectivity index (χ2n) is 9.99. The Kier molecular flexibility index (Phi) is 5.58. The molecule has 2 aliphatic heterocycles. The molecule has 0 aromatic carbocycles. The molecule has 0 N–H and O–H groups in total. The predicted molar refractivity (Wildman–Crippen MR) is 111 cm³/mol. The summed E-state index contributed by atoms with van der Waals surface area (Å²) in [6.45, 7) is 20.1. The maximum atomic E-state index is 12.6. The second-order valence-corrected chi connectivity index (χ2v) is 14.6. The third-order valence-corrected chi connectivity index (χ3v) is 11.8. The highest BCUT2D eigenvalue weighted by Crippen LogP contribution is 2.45. The monoisotopic (exact) mass is 409 g/mol. The van der Waals surface area contributed by atoms with Gasteiger partial charge in [-0.15, -0.1) is 0 Å². The van der Waals surface area contributed by atoms with E-state index in [1.165, 1.54) is 0 Å². The van der Waals surface area contributed by atoms with E-state index in [-0.39, 0.29) is 35.1 Å². The number of hydrogen-bond acceptors (Lipinski definition) is 4. The van der Waals surface area contributed by atoms with Crippen LogP contribution in [0.3, 0.4) is 0 Å². The van der Waals surface area contributed by atoms with Crippen molar-refractivity contribution < 1.29 is 18.5 Å². The molecule has 3 atom stereocenters. The molecule has 0 aliphatic carbocycles. The SMILES string of the molecule is Cc1c[n+]2c(n(C(C)C)c1=O)O[C@@H]1C[C@H]2O[C@@H]1CO[Si](C)(C)C(C)(C)C(C)C. The summed E-state index contributed by atoms with van der Waals surface area (Å²) >= 11 is 0. The predicted octanol–water partition coefficient (Wildman–Crippen LogP) is 3.73. The molecular formula is C21H37N2O4Si+. The normalized spacial score (nSPS) is 24.6. The van der Waals surface area contributed by atoms with Gasteiger partial charge in [0, 0.05) is 0 Å². The zero-order valence-corrected chi connectivity index (χ0v) is 19.9. The summed E-state index contributed by atoms with van der Waals surface area (Å²) in [4.78, 5) is 12.6. The maximum absolute atomic E-state index is 12.6. The zero-order chi connectivity index (χ0) is 21.0. The van der Waals surface area contributed by atoms with E-state index in [1.54, 1.807) is 4.57 Å². The first-order valence-corrected chi connectivity index (χ1v) is 13.4. The number of hydrogen-bond donors (Lipinski definition) is 0. The molecule has 0 amide bonds. The van der Waals surface area contributed by atoms with E-state index in [2.05, 4.69) is 40.8 Å². The highest BCUT2D eigenvalue weighted by Gasteiger charge is 2.50. The average Bonchev–Trinajstić information content (AvgIpc) is 2.92. The number of ether oxygens (including phenoxy) is 2. The Hall–Kier alpha value is -1.18. The van der Waals surface area contributed by atoms with Crippen LogP contribution >= 0.6 is 0 Å². The Labute approximate surface area is 169 Å². The second kappa shape index (κ2) is 7.25. The molecule has 1 aromatic rings. The smallest absolute Gasteiger partial charge is 0.424 e. The van der Waals surface area contributed by atoms with Gasteiger partial charge < -0.3 is 13.9 Å². The minimum Gasteiger partial charge on any atom is -0.424 e. The van der Waals surface area contributed by atoms with E-state index in [0.29, 0.717) is 24.1 Å². The summed E-state index contributed by atoms with van der Waals surface area (Å²) in [5.74, 6) is 0.553. The largest absolute Gasteiger partial charge is 0.461 e. The van der Waals surface area contributed by atoms with Crippen molar-refractivity contribution in [2.45, 2.75) is 97.5 Å². The van der Waals surface area contributed by atoms with Gasteiger partial charge in [-0.1, -0.05) is 27.7 Å². The van der Waals surface area contributed by atoms with Gasteiger partial charge in [0.05, 0.1) is 18.6 Å². The molecule has 3 rings (SSSR count). The Balaban J connectivity index is 1.81. The lowest BCUT2D eigenvalue weighted by atomic mass is 9.99. The van der Waals surface area contributed by atoms with Gasteiger partial charge in [-0.05, 0) is 44.8 Å². The molecule has 3 heterocycles. The number of aromatic nitrogens is 2. The van der Waals surface area contributed by atoms with Crippen LogP contribution in [-0.4, -0.2) is 31.7 Å². The molecule has 6 nitrogen and oxygen atoms in total. The van der Waals surface area contributed by atoms with E-state index in [4.69, 9.17) is 13.9 Å². The molecule has 0 radical (unpaired) electrons. The average molecular weight is 410 g/mol. The van der Waals surface area contributed by atoms with E-state index < -0.39 is 8.32 Å². The van der Waals surface area contributed by atoms with Crippen LogP contribution in [0.25, 0.3) is 0 Å². The van der Waals surface area contributed by atoms with E-state index >= 15 is 0 Å². The molecule has 28 heavy (non-hydrogen) atoms. The van der Waals surface area contributed by atoms with Crippen molar-refractivity contribution in [3.05, 3.63) is 22.1 Å². The zero-order valence-electron chi connectivity index (χ0n) is 18.9. The summed E-state index contributed by atoms with van der Waals surface area (Å²) in [5, 5.41) is 0.161. The number of fused-ring (bicyclic) bond motifs is 4. The van der Waals surface area contributed by atoms with Gasteiger partial charge in [-0.25, -0.2) is 4.79 Å². The standard InChI is InChI=1S/C21H37N2O4Si/c1-13(2)21(6,7)28(8,9)25-12-17-16-10-18(26-17)22-11-15(5)19(24)23(14(3)4)20(22)27-16/h11,13-14,16-18H,10,12H2,1-9H3/q+1/t16-,17-,18-/m1/s1. The van der Waals surface area contributed by atoms with Gasteiger partial charge in [0.2, 0.25) is 6.23 Å². The van der Waals surface area contributed by atoms with Crippen LogP contribution in [0.15, 0.2) is 11.0 Å². The summed E-state index contributed by atoms with van der Waals surface area (Å²) in [6.07, 6.45) is 2.35. The number of aryl methyl sites for hydroxylation is 1. The molecule has 1 aromatic heterocycles. The first kappa shape index (κ1) is 21.5. The van der Waals surface area contributed by atoms with E-state index in [9.17, 15) is 4.79 Å². The Morgan fingerprint density at radius 1 is 1.32 bits per heavy atom. The van der Waals surface area contributed by atoms with Crippen LogP contribution in [0, 0.1) is 12.8 Å². The fraction of sp³-hybridized carbons (Fsp3) is 0.810. The number of rotatable bonds is 6. The van der Waals surface area contributed by atoms with Crippen molar-refractivity contribution in [2.75, 3.05) is 6.61 Å². The minimum atomic E-state index is -1.93. The molecule has 7 heteroatoms. The molecule has 0 saturated carbocycles. The van der Waals surface area contributed by atoms with Crippen molar-refractivity contribution in [1.82, 2.24) is 4.57 Å². The van der Waals surface area contributed by atoms with Crippen LogP contribution in [0.4, 0.5) is 0 Å². The highest BCUT2D eigenvalue weighted by molar-refractivity contribution is 6.74. The minimum absolute atomic E-state index is 0.00238. The summed E-state index contributed by atoms with van der Waals surface area (Å²) in [5.41, 5.74) is 0.706. The lowest BCUT2D eigenvalue weighted by Crippen LogP contribution is -2.51. The topological polar surface area (TPSA) is 53.6 Å². The molecule has 1 saturated heterocycles. The fourth-order valence-electron chi connectivity index (χ4n) is 3.95. The lowest BCUT2D eigenvalue weighted by molar-refractivity contribution is -0.770. The Morgan fingerprint density at radius 3 is 2.54 bits per heavy atom. The van der Waals surface area contributed by atoms with E-state index in [0.717, 1.165) is 6.42 Å². The Bertz CT molecular complexity index is 800. The van der Waals surface area contributed by atoms with Gasteiger partial charge in [0.15, 0.2) is 8.32 Å². The van der Waals surface area contributed by atoms with Gasteiger partial charge in [-0.2, -0.15) is 9.13 Å². The third kappa shape index (κ3) is 3.46. The quantitative estimate of drug-likeness (QED) is 0.531. The van der Waals surface area contributed by atoms with Gasteiger partial charge in [-0.3, -0.25) is 0 Å². The highest BCUT2D eigenvalue weighted by atomic mass is 28.4. The van der Waals surface area contributed by atoms with Crippen LogP contribution < -0.4 is 14.9 Å². The molecule has 158 valence electrons. The first-order chi connectivity index (χ1) is 12.9. The molecule has 1 fully saturated rings. The van der Waals surface area contributed by atoms with Crippen molar-refractivity contribution in [1.29, 1.82) is 0 Å². The molecule has 2 bridgehead atoms. The van der Waals surface area contributed by atoms with E-state index in [1.807, 2.05) is 31.5 Å². The van der Waals surface area contributed by atoms with Crippen LogP contribution in [0.5, 0.6) is 6.01 Å². The third-order valence-electron chi connectivity index (χ3n) is 7.18. The van der Waals surface area contributed by atoms with Gasteiger partial charge in [0.25, 0.3) is 0 Å². The fourth-order valence-corrected chi connectivity index (χ4v) is 6.30. The van der Waals surface area contributed by atoms with Gasteiger partial charge >= 0.3 is 11.6 Å². The molecule has 0 spiro atoms. The van der Waals surface area contributed by atoms with Crippen molar-refractivity contribution in [2.24, 2.45) is 5.92 Å². The van der Waals surface area contributed by atoms with Crippen molar-refractivity contribution >= 4 is 8.32 Å². The van der Waals surface area contributed by atoms with Crippen LogP contribution in [0.2, 0.25) is 18.1 Å². The summed E-state index contributed by atoms with van der Waals surface area (Å²) in [6, 6.07) is 0.632. The lowest BCUT2D eigenvalue weighted by Gasteiger charge is -2.43. The summed E-state index contributed by atoms with van der Waals surface area (Å²) in [7, 11) is -1.93. The maximum Gasteiger partial charge on any atom is 0.461 e. The van der Waals surface area contributed by atoms with Crippen LogP contribution in [-0.2, 0) is 9.16 Å². The molecule has 2 aliphatic rings.